The van der Waals surface area contributed by atoms with Crippen LogP contribution in [0.25, 0.3) is 0 Å². The molecule has 1 heterocycles. The number of nitrogens with one attached hydrogen (secondary N) is 1. The molecule has 0 aromatic carbocycles. The fourth-order valence-corrected chi connectivity index (χ4v) is 1.57. The van der Waals surface area contributed by atoms with E-state index in [0.29, 0.717) is 0 Å². The Morgan fingerprint density at radius 1 is 1.07 bits per heavy atom. The van der Waals surface area contributed by atoms with E-state index in [9.17, 15) is 0 Å². The molecule has 3 nitrogen and oxygen atoms in total. The lowest BCUT2D eigenvalue weighted by Gasteiger charge is -2.25. The van der Waals surface area contributed by atoms with Gasteiger partial charge in [-0.15, -0.1) is 0 Å². The Morgan fingerprint density at radius 3 is 1.57 bits per heavy atom. The summed E-state index contributed by atoms with van der Waals surface area (Å²) in [5.41, 5.74) is -0.278. The molecule has 1 aliphatic rings. The summed E-state index contributed by atoms with van der Waals surface area (Å²) >= 11 is 0. The van der Waals surface area contributed by atoms with Crippen LogP contribution in [0.3, 0.4) is 0 Å². The van der Waals surface area contributed by atoms with E-state index in [-0.39, 0.29) is 5.60 Å². The third-order valence-corrected chi connectivity index (χ3v) is 3.08. The van der Waals surface area contributed by atoms with Gasteiger partial charge in [-0.3, -0.25) is 5.26 Å². The fourth-order valence-electron chi connectivity index (χ4n) is 1.57. The summed E-state index contributed by atoms with van der Waals surface area (Å²) in [6, 6.07) is 0. The van der Waals surface area contributed by atoms with Gasteiger partial charge in [0.15, 0.2) is 0 Å². The first-order chi connectivity index (χ1) is 6.74. The highest BCUT2D eigenvalue weighted by Gasteiger charge is 2.24. The van der Waals surface area contributed by atoms with Gasteiger partial charge in [-0.1, -0.05) is 20.8 Å². The normalized spacial score (nSPS) is 16.3. The Bertz CT molecular complexity index is 95.3. The van der Waals surface area contributed by atoms with Crippen LogP contribution in [0.2, 0.25) is 0 Å². The van der Waals surface area contributed by atoms with Crippen molar-refractivity contribution in [3.8, 4) is 0 Å². The second-order valence-electron chi connectivity index (χ2n) is 3.79. The molecule has 0 aliphatic carbocycles. The Morgan fingerprint density at radius 2 is 1.50 bits per heavy atom. The topological polar surface area (TPSA) is 41.5 Å². The monoisotopic (exact) mass is 203 g/mol. The third kappa shape index (κ3) is 4.94. The Balaban J connectivity index is 0.000000280. The molecule has 0 amide bonds. The summed E-state index contributed by atoms with van der Waals surface area (Å²) in [6.45, 7) is 8.55. The lowest BCUT2D eigenvalue weighted by molar-refractivity contribution is -0.326. The van der Waals surface area contributed by atoms with Crippen LogP contribution < -0.4 is 5.32 Å². The summed E-state index contributed by atoms with van der Waals surface area (Å²) in [5.74, 6) is 0. The van der Waals surface area contributed by atoms with Crippen molar-refractivity contribution in [2.75, 3.05) is 13.1 Å². The van der Waals surface area contributed by atoms with Gasteiger partial charge in [0, 0.05) is 0 Å². The number of hydrogen-bond acceptors (Lipinski definition) is 3. The number of hydrogen-bond donors (Lipinski definition) is 2. The molecule has 14 heavy (non-hydrogen) atoms. The van der Waals surface area contributed by atoms with E-state index in [0.717, 1.165) is 19.3 Å². The first kappa shape index (κ1) is 13.9. The molecule has 1 aliphatic heterocycles. The van der Waals surface area contributed by atoms with Gasteiger partial charge in [0.1, 0.15) is 5.60 Å². The van der Waals surface area contributed by atoms with Crippen LogP contribution in [0.1, 0.15) is 52.9 Å². The largest absolute Gasteiger partial charge is 0.317 e. The molecular weight excluding hydrogens is 178 g/mol. The van der Waals surface area contributed by atoms with Crippen molar-refractivity contribution in [1.82, 2.24) is 5.32 Å². The highest BCUT2D eigenvalue weighted by atomic mass is 17.1. The summed E-state index contributed by atoms with van der Waals surface area (Å²) in [6.07, 6.45) is 5.39. The van der Waals surface area contributed by atoms with Crippen molar-refractivity contribution >= 4 is 0 Å². The zero-order valence-corrected chi connectivity index (χ0v) is 9.81. The molecule has 0 unspecified atom stereocenters. The molecule has 1 fully saturated rings. The van der Waals surface area contributed by atoms with E-state index in [2.05, 4.69) is 10.2 Å². The molecule has 0 atom stereocenters. The van der Waals surface area contributed by atoms with Gasteiger partial charge in [-0.05, 0) is 45.2 Å². The third-order valence-electron chi connectivity index (χ3n) is 3.08. The number of rotatable bonds is 4. The van der Waals surface area contributed by atoms with Crippen LogP contribution in [0.15, 0.2) is 0 Å². The fraction of sp³-hybridized carbons (Fsp3) is 1.00. The molecule has 1 rings (SSSR count). The standard InChI is InChI=1S/C7H16O2.C4H9N/c1-4-7(5-2,6-3)9-8;1-2-4-5-3-1/h8H,4-6H2,1-3H3;5H,1-4H2. The molecule has 0 spiro atoms. The lowest BCUT2D eigenvalue weighted by atomic mass is 9.95. The lowest BCUT2D eigenvalue weighted by Crippen LogP contribution is -2.28. The Hall–Kier alpha value is -0.120. The summed E-state index contributed by atoms with van der Waals surface area (Å²) in [4.78, 5) is 4.39. The van der Waals surface area contributed by atoms with Crippen molar-refractivity contribution in [1.29, 1.82) is 0 Å². The highest BCUT2D eigenvalue weighted by molar-refractivity contribution is 4.73. The van der Waals surface area contributed by atoms with E-state index in [1.807, 2.05) is 20.8 Å². The second-order valence-corrected chi connectivity index (χ2v) is 3.79. The maximum atomic E-state index is 8.48. The van der Waals surface area contributed by atoms with Crippen LogP contribution >= 0.6 is 0 Å². The summed E-state index contributed by atoms with van der Waals surface area (Å²) in [5, 5.41) is 11.7. The molecular formula is C11H25NO2. The van der Waals surface area contributed by atoms with E-state index in [4.69, 9.17) is 5.26 Å². The second kappa shape index (κ2) is 8.21. The summed E-state index contributed by atoms with van der Waals surface area (Å²) in [7, 11) is 0. The SMILES string of the molecule is C1CCNC1.CCC(CC)(CC)OO. The van der Waals surface area contributed by atoms with E-state index in [1.165, 1.54) is 25.9 Å². The van der Waals surface area contributed by atoms with Gasteiger partial charge >= 0.3 is 0 Å². The van der Waals surface area contributed by atoms with Crippen LogP contribution in [-0.4, -0.2) is 23.9 Å². The van der Waals surface area contributed by atoms with Crippen molar-refractivity contribution in [2.45, 2.75) is 58.5 Å². The Labute approximate surface area is 87.8 Å². The van der Waals surface area contributed by atoms with E-state index in [1.54, 1.807) is 0 Å². The molecule has 0 bridgehead atoms. The van der Waals surface area contributed by atoms with Crippen LogP contribution in [0.5, 0.6) is 0 Å². The van der Waals surface area contributed by atoms with Crippen molar-refractivity contribution in [2.24, 2.45) is 0 Å². The van der Waals surface area contributed by atoms with Crippen molar-refractivity contribution < 1.29 is 10.1 Å². The van der Waals surface area contributed by atoms with Crippen LogP contribution in [-0.2, 0) is 4.89 Å². The molecule has 1 saturated heterocycles. The molecule has 3 heteroatoms. The van der Waals surface area contributed by atoms with Gasteiger partial charge in [0.05, 0.1) is 0 Å². The molecule has 2 N–H and O–H groups in total. The molecule has 0 aromatic rings. The molecule has 0 saturated carbocycles. The van der Waals surface area contributed by atoms with Crippen LogP contribution in [0.4, 0.5) is 0 Å². The van der Waals surface area contributed by atoms with E-state index >= 15 is 0 Å². The maximum Gasteiger partial charge on any atom is 0.103 e. The van der Waals surface area contributed by atoms with Gasteiger partial charge < -0.3 is 5.32 Å². The zero-order valence-electron chi connectivity index (χ0n) is 9.81. The smallest absolute Gasteiger partial charge is 0.103 e. The predicted molar refractivity (Wildman–Crippen MR) is 59.4 cm³/mol. The molecule has 0 aromatic heterocycles. The zero-order chi connectivity index (χ0) is 10.9. The minimum Gasteiger partial charge on any atom is -0.317 e. The quantitative estimate of drug-likeness (QED) is 0.545. The van der Waals surface area contributed by atoms with E-state index < -0.39 is 0 Å². The molecule has 0 radical (unpaired) electrons. The van der Waals surface area contributed by atoms with Gasteiger partial charge in [-0.25, -0.2) is 4.89 Å². The minimum absolute atomic E-state index is 0.278. The maximum absolute atomic E-state index is 8.48. The average Bonchev–Trinajstić information content (AvgIpc) is 2.80. The first-order valence-corrected chi connectivity index (χ1v) is 5.78. The first-order valence-electron chi connectivity index (χ1n) is 5.78. The minimum atomic E-state index is -0.278. The molecule has 86 valence electrons. The highest BCUT2D eigenvalue weighted by Crippen LogP contribution is 2.22. The van der Waals surface area contributed by atoms with Crippen molar-refractivity contribution in [3.05, 3.63) is 0 Å². The van der Waals surface area contributed by atoms with Crippen molar-refractivity contribution in [3.63, 3.8) is 0 Å². The van der Waals surface area contributed by atoms with Gasteiger partial charge in [0.2, 0.25) is 0 Å². The van der Waals surface area contributed by atoms with Gasteiger partial charge in [0.25, 0.3) is 0 Å². The summed E-state index contributed by atoms with van der Waals surface area (Å²) < 4.78 is 0. The Kier molecular flexibility index (Phi) is 8.14. The predicted octanol–water partition coefficient (Wildman–Crippen LogP) is 2.81. The van der Waals surface area contributed by atoms with Crippen LogP contribution in [0, 0.1) is 0 Å². The van der Waals surface area contributed by atoms with Gasteiger partial charge in [-0.2, -0.15) is 0 Å². The average molecular weight is 203 g/mol.